The van der Waals surface area contributed by atoms with Gasteiger partial charge in [-0.15, -0.1) is 0 Å². The lowest BCUT2D eigenvalue weighted by molar-refractivity contribution is -0.115. The quantitative estimate of drug-likeness (QED) is 0.628. The zero-order valence-electron chi connectivity index (χ0n) is 14.3. The largest absolute Gasteiger partial charge is 0.360 e. The molecule has 2 heterocycles. The first-order valence-corrected chi connectivity index (χ1v) is 9.07. The van der Waals surface area contributed by atoms with Crippen molar-refractivity contribution in [2.45, 2.75) is 26.0 Å². The first-order valence-electron chi connectivity index (χ1n) is 7.91. The highest BCUT2D eigenvalue weighted by atomic mass is 32.2. The molecular weight excluding hydrogens is 359 g/mol. The molecule has 0 atom stereocenters. The van der Waals surface area contributed by atoms with E-state index in [1.165, 1.54) is 17.8 Å². The standard InChI is InChI=1S/C17H17FN4O3S/c1-10-3-4-12(8-13(10)18)17-20-16(25-22-17)9-26-6-5-15(23)19-14-7-11(2)24-21-14/h3-4,7-8H,5-6,9H2,1-2H3,(H,19,21,23). The van der Waals surface area contributed by atoms with Gasteiger partial charge in [0, 0.05) is 23.8 Å². The first kappa shape index (κ1) is 18.1. The number of amides is 1. The van der Waals surface area contributed by atoms with Crippen LogP contribution in [0.25, 0.3) is 11.4 Å². The number of aromatic nitrogens is 3. The Labute approximate surface area is 153 Å². The number of benzene rings is 1. The van der Waals surface area contributed by atoms with Crippen LogP contribution in [0.5, 0.6) is 0 Å². The van der Waals surface area contributed by atoms with E-state index in [1.54, 1.807) is 32.0 Å². The number of halogens is 1. The molecule has 0 saturated heterocycles. The fourth-order valence-corrected chi connectivity index (χ4v) is 2.88. The second-order valence-corrected chi connectivity index (χ2v) is 6.75. The Morgan fingerprint density at radius 1 is 1.23 bits per heavy atom. The molecule has 1 N–H and O–H groups in total. The van der Waals surface area contributed by atoms with Crippen molar-refractivity contribution in [1.29, 1.82) is 0 Å². The smallest absolute Gasteiger partial charge is 0.236 e. The molecule has 1 amide bonds. The zero-order chi connectivity index (χ0) is 18.5. The summed E-state index contributed by atoms with van der Waals surface area (Å²) >= 11 is 1.49. The molecule has 7 nitrogen and oxygen atoms in total. The van der Waals surface area contributed by atoms with Crippen LogP contribution in [-0.2, 0) is 10.5 Å². The van der Waals surface area contributed by atoms with E-state index in [0.717, 1.165) is 0 Å². The summed E-state index contributed by atoms with van der Waals surface area (Å²) in [5.74, 6) is 2.41. The van der Waals surface area contributed by atoms with Gasteiger partial charge in [0.05, 0.1) is 5.75 Å². The minimum Gasteiger partial charge on any atom is -0.360 e. The Morgan fingerprint density at radius 2 is 2.08 bits per heavy atom. The van der Waals surface area contributed by atoms with Crippen molar-refractivity contribution in [3.05, 3.63) is 47.3 Å². The second kappa shape index (κ2) is 8.13. The summed E-state index contributed by atoms with van der Waals surface area (Å²) in [4.78, 5) is 16.0. The summed E-state index contributed by atoms with van der Waals surface area (Å²) in [5.41, 5.74) is 1.13. The molecule has 3 aromatic rings. The molecule has 0 fully saturated rings. The van der Waals surface area contributed by atoms with Crippen LogP contribution in [0.2, 0.25) is 0 Å². The maximum Gasteiger partial charge on any atom is 0.236 e. The number of thioether (sulfide) groups is 1. The molecule has 2 aromatic heterocycles. The Morgan fingerprint density at radius 3 is 2.81 bits per heavy atom. The van der Waals surface area contributed by atoms with E-state index in [-0.39, 0.29) is 11.7 Å². The fraction of sp³-hybridized carbons (Fsp3) is 0.294. The minimum absolute atomic E-state index is 0.146. The van der Waals surface area contributed by atoms with Gasteiger partial charge in [0.15, 0.2) is 5.82 Å². The summed E-state index contributed by atoms with van der Waals surface area (Å²) in [6, 6.07) is 6.45. The Kier molecular flexibility index (Phi) is 5.67. The van der Waals surface area contributed by atoms with E-state index in [4.69, 9.17) is 9.05 Å². The molecule has 0 aliphatic rings. The van der Waals surface area contributed by atoms with Crippen LogP contribution in [0.4, 0.5) is 10.2 Å². The lowest BCUT2D eigenvalue weighted by Crippen LogP contribution is -2.12. The summed E-state index contributed by atoms with van der Waals surface area (Å²) in [7, 11) is 0. The normalized spacial score (nSPS) is 10.9. The minimum atomic E-state index is -0.309. The third kappa shape index (κ3) is 4.69. The third-order valence-electron chi connectivity index (χ3n) is 3.49. The van der Waals surface area contributed by atoms with E-state index < -0.39 is 0 Å². The number of nitrogens with one attached hydrogen (secondary N) is 1. The highest BCUT2D eigenvalue weighted by Gasteiger charge is 2.11. The van der Waals surface area contributed by atoms with E-state index in [9.17, 15) is 9.18 Å². The number of carbonyl (C=O) groups excluding carboxylic acids is 1. The molecule has 1 aromatic carbocycles. The monoisotopic (exact) mass is 376 g/mol. The summed E-state index contributed by atoms with van der Waals surface area (Å²) in [6.45, 7) is 3.44. The number of hydrogen-bond acceptors (Lipinski definition) is 7. The molecule has 0 radical (unpaired) electrons. The number of carbonyl (C=O) groups is 1. The Hall–Kier alpha value is -2.68. The van der Waals surface area contributed by atoms with Crippen LogP contribution in [0.3, 0.4) is 0 Å². The van der Waals surface area contributed by atoms with Crippen LogP contribution in [0.1, 0.15) is 23.6 Å². The molecule has 136 valence electrons. The fourth-order valence-electron chi connectivity index (χ4n) is 2.12. The summed E-state index contributed by atoms with van der Waals surface area (Å²) < 4.78 is 23.7. The SMILES string of the molecule is Cc1cc(NC(=O)CCSCc2nc(-c3ccc(C)c(F)c3)no2)no1. The molecule has 0 bridgehead atoms. The molecule has 9 heteroatoms. The van der Waals surface area contributed by atoms with Gasteiger partial charge in [-0.1, -0.05) is 22.4 Å². The van der Waals surface area contributed by atoms with Crippen LogP contribution in [0.15, 0.2) is 33.3 Å². The van der Waals surface area contributed by atoms with Crippen molar-refractivity contribution in [1.82, 2.24) is 15.3 Å². The van der Waals surface area contributed by atoms with Crippen LogP contribution in [-0.4, -0.2) is 27.0 Å². The van der Waals surface area contributed by atoms with Gasteiger partial charge >= 0.3 is 0 Å². The summed E-state index contributed by atoms with van der Waals surface area (Å²) in [6.07, 6.45) is 0.320. The maximum absolute atomic E-state index is 13.6. The topological polar surface area (TPSA) is 94.1 Å². The number of anilines is 1. The lowest BCUT2D eigenvalue weighted by atomic mass is 10.1. The van der Waals surface area contributed by atoms with E-state index >= 15 is 0 Å². The third-order valence-corrected chi connectivity index (χ3v) is 4.44. The van der Waals surface area contributed by atoms with Crippen LogP contribution in [0, 0.1) is 19.7 Å². The Balaban J connectivity index is 1.44. The summed E-state index contributed by atoms with van der Waals surface area (Å²) in [5, 5.41) is 10.2. The predicted octanol–water partition coefficient (Wildman–Crippen LogP) is 3.74. The van der Waals surface area contributed by atoms with Gasteiger partial charge in [-0.05, 0) is 25.5 Å². The predicted molar refractivity (Wildman–Crippen MR) is 95.1 cm³/mol. The van der Waals surface area contributed by atoms with E-state index in [2.05, 4.69) is 20.6 Å². The number of aryl methyl sites for hydroxylation is 2. The number of nitrogens with zero attached hydrogens (tertiary/aromatic N) is 3. The van der Waals surface area contributed by atoms with E-state index in [0.29, 0.717) is 52.3 Å². The average Bonchev–Trinajstić information content (AvgIpc) is 3.23. The zero-order valence-corrected chi connectivity index (χ0v) is 15.1. The van der Waals surface area contributed by atoms with Gasteiger partial charge in [0.1, 0.15) is 11.6 Å². The first-order chi connectivity index (χ1) is 12.5. The van der Waals surface area contributed by atoms with Crippen LogP contribution >= 0.6 is 11.8 Å². The molecule has 0 unspecified atom stereocenters. The van der Waals surface area contributed by atoms with Crippen molar-refractivity contribution in [3.8, 4) is 11.4 Å². The molecule has 0 spiro atoms. The van der Waals surface area contributed by atoms with Gasteiger partial charge in [0.25, 0.3) is 0 Å². The van der Waals surface area contributed by atoms with Crippen molar-refractivity contribution < 1.29 is 18.2 Å². The number of rotatable bonds is 7. The molecule has 0 saturated carbocycles. The molecule has 26 heavy (non-hydrogen) atoms. The van der Waals surface area contributed by atoms with Gasteiger partial charge in [-0.2, -0.15) is 16.7 Å². The van der Waals surface area contributed by atoms with Gasteiger partial charge in [-0.3, -0.25) is 4.79 Å². The van der Waals surface area contributed by atoms with Crippen LogP contribution < -0.4 is 5.32 Å². The highest BCUT2D eigenvalue weighted by Crippen LogP contribution is 2.20. The second-order valence-electron chi connectivity index (χ2n) is 5.65. The highest BCUT2D eigenvalue weighted by molar-refractivity contribution is 7.98. The molecular formula is C17H17FN4O3S. The van der Waals surface area contributed by atoms with Crippen molar-refractivity contribution >= 4 is 23.5 Å². The molecule has 3 rings (SSSR count). The molecule has 0 aliphatic carbocycles. The van der Waals surface area contributed by atoms with Crippen molar-refractivity contribution in [2.75, 3.05) is 11.1 Å². The van der Waals surface area contributed by atoms with Gasteiger partial charge in [0.2, 0.25) is 17.6 Å². The maximum atomic E-state index is 13.6. The van der Waals surface area contributed by atoms with Gasteiger partial charge in [-0.25, -0.2) is 4.39 Å². The molecule has 0 aliphatic heterocycles. The van der Waals surface area contributed by atoms with Crippen molar-refractivity contribution in [2.24, 2.45) is 0 Å². The van der Waals surface area contributed by atoms with Gasteiger partial charge < -0.3 is 14.4 Å². The Bertz CT molecular complexity index is 909. The van der Waals surface area contributed by atoms with Crippen molar-refractivity contribution in [3.63, 3.8) is 0 Å². The average molecular weight is 376 g/mol. The number of hydrogen-bond donors (Lipinski definition) is 1. The lowest BCUT2D eigenvalue weighted by Gasteiger charge is -2.00. The van der Waals surface area contributed by atoms with E-state index in [1.807, 2.05) is 0 Å².